The molecule has 1 fully saturated rings. The van der Waals surface area contributed by atoms with Gasteiger partial charge in [-0.1, -0.05) is 0 Å². The van der Waals surface area contributed by atoms with E-state index in [1.165, 1.54) is 0 Å². The van der Waals surface area contributed by atoms with E-state index in [0.29, 0.717) is 12.2 Å². The monoisotopic (exact) mass is 249 g/mol. The maximum absolute atomic E-state index is 11.7. The van der Waals surface area contributed by atoms with Crippen LogP contribution in [0.1, 0.15) is 36.7 Å². The highest BCUT2D eigenvalue weighted by molar-refractivity contribution is 5.93. The first kappa shape index (κ1) is 12.8. The molecule has 0 bridgehead atoms. The first-order valence-corrected chi connectivity index (χ1v) is 6.32. The highest BCUT2D eigenvalue weighted by Crippen LogP contribution is 2.34. The van der Waals surface area contributed by atoms with Gasteiger partial charge in [-0.3, -0.25) is 9.78 Å². The number of aliphatic hydroxyl groups is 1. The van der Waals surface area contributed by atoms with Crippen LogP contribution in [0.5, 0.6) is 0 Å². The Morgan fingerprint density at radius 1 is 1.56 bits per heavy atom. The highest BCUT2D eigenvalue weighted by Gasteiger charge is 2.36. The Labute approximate surface area is 107 Å². The van der Waals surface area contributed by atoms with Gasteiger partial charge in [0.1, 0.15) is 5.69 Å². The van der Waals surface area contributed by atoms with E-state index in [9.17, 15) is 9.90 Å². The fourth-order valence-corrected chi connectivity index (χ4v) is 2.12. The van der Waals surface area contributed by atoms with Crippen molar-refractivity contribution in [2.45, 2.75) is 31.7 Å². The second kappa shape index (κ2) is 5.35. The maximum Gasteiger partial charge on any atom is 0.269 e. The van der Waals surface area contributed by atoms with E-state index in [2.05, 4.69) is 15.6 Å². The first-order chi connectivity index (χ1) is 8.69. The third-order valence-electron chi connectivity index (χ3n) is 3.35. The van der Waals surface area contributed by atoms with Gasteiger partial charge >= 0.3 is 0 Å². The molecule has 1 aliphatic rings. The Morgan fingerprint density at radius 2 is 2.33 bits per heavy atom. The summed E-state index contributed by atoms with van der Waals surface area (Å²) in [5, 5.41) is 15.4. The van der Waals surface area contributed by atoms with Crippen LogP contribution in [0.4, 0.5) is 5.69 Å². The van der Waals surface area contributed by atoms with Crippen molar-refractivity contribution >= 4 is 11.6 Å². The molecule has 18 heavy (non-hydrogen) atoms. The van der Waals surface area contributed by atoms with E-state index < -0.39 is 0 Å². The summed E-state index contributed by atoms with van der Waals surface area (Å²) in [6.07, 6.45) is 4.66. The van der Waals surface area contributed by atoms with E-state index in [-0.39, 0.29) is 18.1 Å². The zero-order valence-electron chi connectivity index (χ0n) is 10.6. The molecule has 0 atom stereocenters. The Hall–Kier alpha value is -1.62. The van der Waals surface area contributed by atoms with Crippen LogP contribution in [0, 0.1) is 0 Å². The number of rotatable bonds is 5. The molecule has 1 aromatic heterocycles. The number of anilines is 1. The fraction of sp³-hybridized carbons (Fsp3) is 0.538. The van der Waals surface area contributed by atoms with Crippen molar-refractivity contribution < 1.29 is 9.90 Å². The average Bonchev–Trinajstić information content (AvgIpc) is 2.34. The van der Waals surface area contributed by atoms with Crippen LogP contribution in [0.3, 0.4) is 0 Å². The SMILES string of the molecule is CCNC(=O)c1cc(NC2(CO)CCC2)ccn1. The molecule has 1 aromatic rings. The minimum atomic E-state index is -0.208. The predicted octanol–water partition coefficient (Wildman–Crippen LogP) is 1.16. The van der Waals surface area contributed by atoms with Gasteiger partial charge in [0.25, 0.3) is 5.91 Å². The molecule has 1 amide bonds. The number of aliphatic hydroxyl groups excluding tert-OH is 1. The van der Waals surface area contributed by atoms with Crippen molar-refractivity contribution in [2.75, 3.05) is 18.5 Å². The van der Waals surface area contributed by atoms with Crippen LogP contribution < -0.4 is 10.6 Å². The smallest absolute Gasteiger partial charge is 0.269 e. The minimum Gasteiger partial charge on any atom is -0.394 e. The topological polar surface area (TPSA) is 74.2 Å². The molecule has 98 valence electrons. The molecule has 0 aliphatic heterocycles. The van der Waals surface area contributed by atoms with Crippen molar-refractivity contribution in [3.05, 3.63) is 24.0 Å². The minimum absolute atomic E-state index is 0.117. The Balaban J connectivity index is 2.09. The van der Waals surface area contributed by atoms with Gasteiger partial charge in [-0.25, -0.2) is 0 Å². The highest BCUT2D eigenvalue weighted by atomic mass is 16.3. The quantitative estimate of drug-likeness (QED) is 0.732. The summed E-state index contributed by atoms with van der Waals surface area (Å²) in [6.45, 7) is 2.57. The molecule has 5 nitrogen and oxygen atoms in total. The lowest BCUT2D eigenvalue weighted by atomic mass is 9.77. The van der Waals surface area contributed by atoms with Gasteiger partial charge in [0, 0.05) is 18.4 Å². The maximum atomic E-state index is 11.7. The largest absolute Gasteiger partial charge is 0.394 e. The van der Waals surface area contributed by atoms with Crippen LogP contribution in [0.25, 0.3) is 0 Å². The molecule has 5 heteroatoms. The third kappa shape index (κ3) is 2.61. The zero-order chi connectivity index (χ0) is 13.0. The number of carbonyl (C=O) groups excluding carboxylic acids is 1. The number of hydrogen-bond donors (Lipinski definition) is 3. The van der Waals surface area contributed by atoms with Gasteiger partial charge in [0.15, 0.2) is 0 Å². The molecular weight excluding hydrogens is 230 g/mol. The van der Waals surface area contributed by atoms with Gasteiger partial charge in [-0.15, -0.1) is 0 Å². The molecule has 1 heterocycles. The molecule has 0 spiro atoms. The molecule has 0 saturated heterocycles. The zero-order valence-corrected chi connectivity index (χ0v) is 10.6. The second-order valence-corrected chi connectivity index (χ2v) is 4.71. The lowest BCUT2D eigenvalue weighted by Gasteiger charge is -2.41. The predicted molar refractivity (Wildman–Crippen MR) is 69.5 cm³/mol. The number of amides is 1. The molecule has 1 saturated carbocycles. The number of carbonyl (C=O) groups is 1. The van der Waals surface area contributed by atoms with Crippen molar-refractivity contribution in [3.63, 3.8) is 0 Å². The van der Waals surface area contributed by atoms with Crippen LogP contribution >= 0.6 is 0 Å². The fourth-order valence-electron chi connectivity index (χ4n) is 2.12. The number of aromatic nitrogens is 1. The summed E-state index contributed by atoms with van der Waals surface area (Å²) >= 11 is 0. The molecule has 3 N–H and O–H groups in total. The molecular formula is C13H19N3O2. The number of hydrogen-bond acceptors (Lipinski definition) is 4. The number of pyridine rings is 1. The molecule has 2 rings (SSSR count). The van der Waals surface area contributed by atoms with E-state index in [1.807, 2.05) is 13.0 Å². The molecule has 1 aliphatic carbocycles. The van der Waals surface area contributed by atoms with Crippen molar-refractivity contribution in [1.29, 1.82) is 0 Å². The lowest BCUT2D eigenvalue weighted by molar-refractivity contribution is 0.0951. The number of nitrogens with zero attached hydrogens (tertiary/aromatic N) is 1. The van der Waals surface area contributed by atoms with E-state index in [1.54, 1.807) is 12.3 Å². The van der Waals surface area contributed by atoms with Gasteiger partial charge < -0.3 is 15.7 Å². The molecule has 0 aromatic carbocycles. The Kier molecular flexibility index (Phi) is 3.81. The van der Waals surface area contributed by atoms with Crippen molar-refractivity contribution in [2.24, 2.45) is 0 Å². The van der Waals surface area contributed by atoms with Crippen molar-refractivity contribution in [1.82, 2.24) is 10.3 Å². The Morgan fingerprint density at radius 3 is 2.89 bits per heavy atom. The lowest BCUT2D eigenvalue weighted by Crippen LogP contribution is -2.48. The second-order valence-electron chi connectivity index (χ2n) is 4.71. The van der Waals surface area contributed by atoms with Crippen LogP contribution in [0.2, 0.25) is 0 Å². The van der Waals surface area contributed by atoms with Crippen LogP contribution in [-0.4, -0.2) is 34.7 Å². The average molecular weight is 249 g/mol. The summed E-state index contributed by atoms with van der Waals surface area (Å²) in [5.41, 5.74) is 1.02. The van der Waals surface area contributed by atoms with Gasteiger partial charge in [0.05, 0.1) is 12.1 Å². The van der Waals surface area contributed by atoms with E-state index in [4.69, 9.17) is 0 Å². The summed E-state index contributed by atoms with van der Waals surface area (Å²) < 4.78 is 0. The third-order valence-corrected chi connectivity index (χ3v) is 3.35. The Bertz CT molecular complexity index is 424. The van der Waals surface area contributed by atoms with Gasteiger partial charge in [-0.05, 0) is 38.3 Å². The first-order valence-electron chi connectivity index (χ1n) is 6.32. The van der Waals surface area contributed by atoms with Crippen LogP contribution in [0.15, 0.2) is 18.3 Å². The summed E-state index contributed by atoms with van der Waals surface area (Å²) in [6, 6.07) is 3.54. The number of nitrogens with one attached hydrogen (secondary N) is 2. The van der Waals surface area contributed by atoms with E-state index in [0.717, 1.165) is 24.9 Å². The van der Waals surface area contributed by atoms with Gasteiger partial charge in [0.2, 0.25) is 0 Å². The summed E-state index contributed by atoms with van der Waals surface area (Å²) in [5.74, 6) is -0.173. The van der Waals surface area contributed by atoms with Gasteiger partial charge in [-0.2, -0.15) is 0 Å². The summed E-state index contributed by atoms with van der Waals surface area (Å²) in [7, 11) is 0. The standard InChI is InChI=1S/C13H19N3O2/c1-2-14-12(18)11-8-10(4-7-15-11)16-13(9-17)5-3-6-13/h4,7-8,17H,2-3,5-6,9H2,1H3,(H,14,18)(H,15,16). The van der Waals surface area contributed by atoms with Crippen molar-refractivity contribution in [3.8, 4) is 0 Å². The molecule has 0 radical (unpaired) electrons. The van der Waals surface area contributed by atoms with E-state index >= 15 is 0 Å². The van der Waals surface area contributed by atoms with Crippen LogP contribution in [-0.2, 0) is 0 Å². The summed E-state index contributed by atoms with van der Waals surface area (Å²) in [4.78, 5) is 15.7. The molecule has 0 unspecified atom stereocenters. The normalized spacial score (nSPS) is 16.8.